The molecule has 0 aliphatic carbocycles. The molecule has 3 aromatic rings. The summed E-state index contributed by atoms with van der Waals surface area (Å²) in [6, 6.07) is 7.94. The Morgan fingerprint density at radius 1 is 0.880 bits per heavy atom. The number of hydrogen-bond donors (Lipinski definition) is 0. The van der Waals surface area contributed by atoms with Gasteiger partial charge in [-0.25, -0.2) is 4.98 Å². The molecule has 0 N–H and O–H groups in total. The molecule has 0 atom stereocenters. The van der Waals surface area contributed by atoms with Gasteiger partial charge in [0, 0.05) is 5.69 Å². The minimum atomic E-state index is -4.84. The maximum Gasteiger partial charge on any atom is 0.450 e. The summed E-state index contributed by atoms with van der Waals surface area (Å²) in [7, 11) is 1.40. The molecule has 2 aromatic carbocycles. The normalized spacial score (nSPS) is 12.6. The summed E-state index contributed by atoms with van der Waals surface area (Å²) in [5, 5.41) is 0. The lowest BCUT2D eigenvalue weighted by atomic mass is 10.2. The number of rotatable bonds is 2. The van der Waals surface area contributed by atoms with Crippen LogP contribution in [-0.4, -0.2) is 16.7 Å². The Balaban J connectivity index is 2.27. The second-order valence-corrected chi connectivity index (χ2v) is 5.17. The van der Waals surface area contributed by atoms with Crippen molar-refractivity contribution < 1.29 is 31.1 Å². The molecule has 0 aliphatic rings. The molecule has 0 unspecified atom stereocenters. The monoisotopic (exact) mass is 360 g/mol. The Morgan fingerprint density at radius 3 is 2.04 bits per heavy atom. The summed E-state index contributed by atoms with van der Waals surface area (Å²) >= 11 is 0. The third-order valence-electron chi connectivity index (χ3n) is 3.57. The van der Waals surface area contributed by atoms with Crippen LogP contribution in [-0.2, 0) is 12.4 Å². The maximum atomic E-state index is 13.3. The van der Waals surface area contributed by atoms with Crippen molar-refractivity contribution in [3.05, 3.63) is 53.9 Å². The van der Waals surface area contributed by atoms with E-state index in [-0.39, 0.29) is 11.2 Å². The van der Waals surface area contributed by atoms with Crippen LogP contribution in [0.4, 0.5) is 26.3 Å². The quantitative estimate of drug-likeness (QED) is 0.597. The van der Waals surface area contributed by atoms with Crippen molar-refractivity contribution in [2.24, 2.45) is 0 Å². The van der Waals surface area contributed by atoms with Gasteiger partial charge in [0.25, 0.3) is 0 Å². The van der Waals surface area contributed by atoms with E-state index < -0.39 is 29.3 Å². The molecule has 132 valence electrons. The largest absolute Gasteiger partial charge is 0.497 e. The highest BCUT2D eigenvalue weighted by atomic mass is 19.4. The van der Waals surface area contributed by atoms with E-state index in [2.05, 4.69) is 4.98 Å². The molecule has 0 saturated heterocycles. The van der Waals surface area contributed by atoms with E-state index in [4.69, 9.17) is 4.74 Å². The highest BCUT2D eigenvalue weighted by molar-refractivity contribution is 5.79. The Hall–Kier alpha value is -2.71. The Labute approximate surface area is 137 Å². The molecule has 9 heteroatoms. The predicted octanol–water partition coefficient (Wildman–Crippen LogP) is 5.07. The number of aromatic nitrogens is 2. The molecule has 0 saturated carbocycles. The molecule has 25 heavy (non-hydrogen) atoms. The molecule has 0 radical (unpaired) electrons. The number of fused-ring (bicyclic) bond motifs is 1. The van der Waals surface area contributed by atoms with Crippen molar-refractivity contribution in [1.29, 1.82) is 0 Å². The minimum absolute atomic E-state index is 0.0782. The molecule has 3 rings (SSSR count). The molecule has 3 nitrogen and oxygen atoms in total. The number of alkyl halides is 6. The van der Waals surface area contributed by atoms with Crippen molar-refractivity contribution in [3.63, 3.8) is 0 Å². The Kier molecular flexibility index (Phi) is 3.89. The van der Waals surface area contributed by atoms with Crippen LogP contribution in [0.3, 0.4) is 0 Å². The van der Waals surface area contributed by atoms with Gasteiger partial charge in [-0.2, -0.15) is 26.3 Å². The highest BCUT2D eigenvalue weighted by Gasteiger charge is 2.39. The Morgan fingerprint density at radius 2 is 1.52 bits per heavy atom. The van der Waals surface area contributed by atoms with Gasteiger partial charge in [-0.3, -0.25) is 4.57 Å². The number of benzene rings is 2. The number of methoxy groups -OCH3 is 1. The van der Waals surface area contributed by atoms with Crippen molar-refractivity contribution in [1.82, 2.24) is 9.55 Å². The molecule has 0 aliphatic heterocycles. The van der Waals surface area contributed by atoms with E-state index in [1.807, 2.05) is 0 Å². The third-order valence-corrected chi connectivity index (χ3v) is 3.57. The van der Waals surface area contributed by atoms with E-state index in [0.717, 1.165) is 16.7 Å². The summed E-state index contributed by atoms with van der Waals surface area (Å²) in [6.45, 7) is 0. The summed E-state index contributed by atoms with van der Waals surface area (Å²) < 4.78 is 84.1. The van der Waals surface area contributed by atoms with Crippen LogP contribution in [0.5, 0.6) is 5.75 Å². The fraction of sp³-hybridized carbons (Fsp3) is 0.188. The van der Waals surface area contributed by atoms with Crippen LogP contribution in [0.2, 0.25) is 0 Å². The van der Waals surface area contributed by atoms with E-state index in [1.165, 1.54) is 31.4 Å². The van der Waals surface area contributed by atoms with E-state index in [9.17, 15) is 26.3 Å². The standard InChI is InChI=1S/C16H10F6N2O/c1-25-11-5-3-10(4-6-11)24-13-7-2-9(15(17,18)19)8-12(13)23-14(24)16(20,21)22/h2-8H,1H3. The first-order valence-corrected chi connectivity index (χ1v) is 6.92. The van der Waals surface area contributed by atoms with Gasteiger partial charge in [-0.05, 0) is 42.5 Å². The average Bonchev–Trinajstić information content (AvgIpc) is 2.93. The van der Waals surface area contributed by atoms with Crippen LogP contribution >= 0.6 is 0 Å². The molecular weight excluding hydrogens is 350 g/mol. The van der Waals surface area contributed by atoms with Crippen LogP contribution in [0, 0.1) is 0 Å². The summed E-state index contributed by atoms with van der Waals surface area (Å²) in [5.41, 5.74) is -1.42. The van der Waals surface area contributed by atoms with Gasteiger partial charge in [-0.1, -0.05) is 0 Å². The molecule has 1 aromatic heterocycles. The zero-order valence-electron chi connectivity index (χ0n) is 12.6. The van der Waals surface area contributed by atoms with Crippen LogP contribution in [0.25, 0.3) is 16.7 Å². The van der Waals surface area contributed by atoms with Gasteiger partial charge >= 0.3 is 12.4 Å². The first-order chi connectivity index (χ1) is 11.6. The number of nitrogens with zero attached hydrogens (tertiary/aromatic N) is 2. The maximum absolute atomic E-state index is 13.3. The zero-order chi connectivity index (χ0) is 18.4. The van der Waals surface area contributed by atoms with E-state index >= 15 is 0 Å². The van der Waals surface area contributed by atoms with Gasteiger partial charge in [0.05, 0.1) is 23.7 Å². The number of hydrogen-bond acceptors (Lipinski definition) is 2. The molecule has 0 fully saturated rings. The fourth-order valence-electron chi connectivity index (χ4n) is 2.44. The molecular formula is C16H10F6N2O. The smallest absolute Gasteiger partial charge is 0.450 e. The molecule has 0 spiro atoms. The lowest BCUT2D eigenvalue weighted by Gasteiger charge is -2.12. The van der Waals surface area contributed by atoms with Crippen LogP contribution in [0.1, 0.15) is 11.4 Å². The highest BCUT2D eigenvalue weighted by Crippen LogP contribution is 2.36. The van der Waals surface area contributed by atoms with Crippen LogP contribution in [0.15, 0.2) is 42.5 Å². The zero-order valence-corrected chi connectivity index (χ0v) is 12.6. The number of halogens is 6. The fourth-order valence-corrected chi connectivity index (χ4v) is 2.44. The first-order valence-electron chi connectivity index (χ1n) is 6.92. The van der Waals surface area contributed by atoms with Crippen molar-refractivity contribution in [3.8, 4) is 11.4 Å². The second-order valence-electron chi connectivity index (χ2n) is 5.17. The van der Waals surface area contributed by atoms with Gasteiger partial charge in [0.15, 0.2) is 0 Å². The van der Waals surface area contributed by atoms with Crippen molar-refractivity contribution in [2.45, 2.75) is 12.4 Å². The van der Waals surface area contributed by atoms with E-state index in [0.29, 0.717) is 11.8 Å². The first kappa shape index (κ1) is 17.1. The molecule has 1 heterocycles. The van der Waals surface area contributed by atoms with Gasteiger partial charge in [0.1, 0.15) is 5.75 Å². The second kappa shape index (κ2) is 5.68. The van der Waals surface area contributed by atoms with Gasteiger partial charge in [-0.15, -0.1) is 0 Å². The number of imidazole rings is 1. The van der Waals surface area contributed by atoms with Crippen molar-refractivity contribution in [2.75, 3.05) is 7.11 Å². The minimum Gasteiger partial charge on any atom is -0.497 e. The van der Waals surface area contributed by atoms with Crippen LogP contribution < -0.4 is 4.74 Å². The average molecular weight is 360 g/mol. The lowest BCUT2D eigenvalue weighted by molar-refractivity contribution is -0.145. The van der Waals surface area contributed by atoms with Crippen molar-refractivity contribution >= 4 is 11.0 Å². The molecule has 0 bridgehead atoms. The lowest BCUT2D eigenvalue weighted by Crippen LogP contribution is -2.13. The third kappa shape index (κ3) is 3.13. The SMILES string of the molecule is COc1ccc(-n2c(C(F)(F)F)nc3cc(C(F)(F)F)ccc32)cc1. The summed E-state index contributed by atoms with van der Waals surface area (Å²) in [4.78, 5) is 3.38. The topological polar surface area (TPSA) is 27.1 Å². The van der Waals surface area contributed by atoms with E-state index in [1.54, 1.807) is 0 Å². The number of ether oxygens (including phenoxy) is 1. The summed E-state index contributed by atoms with van der Waals surface area (Å²) in [5.74, 6) is -0.868. The van der Waals surface area contributed by atoms with Gasteiger partial charge < -0.3 is 4.74 Å². The molecule has 0 amide bonds. The summed E-state index contributed by atoms with van der Waals surface area (Å²) in [6.07, 6.45) is -9.51. The predicted molar refractivity (Wildman–Crippen MR) is 77.6 cm³/mol. The van der Waals surface area contributed by atoms with Gasteiger partial charge in [0.2, 0.25) is 5.82 Å². The Bertz CT molecular complexity index is 909.